The molecular weight excluding hydrogens is 306 g/mol. The van der Waals surface area contributed by atoms with Gasteiger partial charge in [0.1, 0.15) is 5.54 Å². The summed E-state index contributed by atoms with van der Waals surface area (Å²) < 4.78 is 15.6. The van der Waals surface area contributed by atoms with Gasteiger partial charge in [0.25, 0.3) is 5.78 Å². The molecule has 1 amide bonds. The van der Waals surface area contributed by atoms with Crippen molar-refractivity contribution in [2.75, 3.05) is 26.2 Å². The summed E-state index contributed by atoms with van der Waals surface area (Å²) in [5, 5.41) is 9.39. The Hall–Kier alpha value is -2.77. The molecule has 1 aromatic carbocycles. The van der Waals surface area contributed by atoms with Crippen LogP contribution in [-0.4, -0.2) is 49.6 Å². The highest BCUT2D eigenvalue weighted by atomic mass is 16.5. The van der Waals surface area contributed by atoms with E-state index in [4.69, 9.17) is 14.2 Å². The Morgan fingerprint density at radius 2 is 1.65 bits per heavy atom. The number of nitrogens with zero attached hydrogens (tertiary/aromatic N) is 1. The third kappa shape index (κ3) is 2.18. The van der Waals surface area contributed by atoms with Crippen LogP contribution in [0.1, 0.15) is 24.2 Å². The second-order valence-electron chi connectivity index (χ2n) is 5.37. The van der Waals surface area contributed by atoms with Gasteiger partial charge >= 0.3 is 11.9 Å². The third-order valence-corrected chi connectivity index (χ3v) is 3.76. The first-order valence-corrected chi connectivity index (χ1v) is 6.67. The molecule has 0 aliphatic carbocycles. The number of amides is 1. The number of anilines is 1. The quantitative estimate of drug-likeness (QED) is 0.810. The van der Waals surface area contributed by atoms with E-state index in [1.165, 1.54) is 41.2 Å². The van der Waals surface area contributed by atoms with Crippen molar-refractivity contribution in [1.29, 1.82) is 0 Å². The lowest BCUT2D eigenvalue weighted by atomic mass is 10.0. The fraction of sp³-hybridized carbons (Fsp3) is 0.400. The molecule has 1 aromatic rings. The van der Waals surface area contributed by atoms with Gasteiger partial charge in [-0.2, -0.15) is 0 Å². The van der Waals surface area contributed by atoms with Crippen LogP contribution in [0, 0.1) is 0 Å². The Bertz CT molecular complexity index is 708. The Kier molecular flexibility index (Phi) is 3.94. The number of carboxylic acids is 1. The maximum Gasteiger partial charge on any atom is 0.329 e. The van der Waals surface area contributed by atoms with Gasteiger partial charge in [-0.05, 0) is 13.8 Å². The normalized spacial score (nSPS) is 13.9. The number of benzene rings is 1. The fourth-order valence-corrected chi connectivity index (χ4v) is 2.51. The van der Waals surface area contributed by atoms with Crippen molar-refractivity contribution < 1.29 is 33.7 Å². The third-order valence-electron chi connectivity index (χ3n) is 3.76. The van der Waals surface area contributed by atoms with Crippen molar-refractivity contribution in [1.82, 2.24) is 0 Å². The number of methoxy groups -OCH3 is 3. The monoisotopic (exact) mass is 323 g/mol. The molecule has 1 N–H and O–H groups in total. The summed E-state index contributed by atoms with van der Waals surface area (Å²) in [7, 11) is 4.07. The van der Waals surface area contributed by atoms with E-state index in [9.17, 15) is 19.5 Å². The summed E-state index contributed by atoms with van der Waals surface area (Å²) in [6.07, 6.45) is 0. The second kappa shape index (κ2) is 5.45. The number of ketones is 1. The zero-order valence-electron chi connectivity index (χ0n) is 13.4. The summed E-state index contributed by atoms with van der Waals surface area (Å²) in [6.45, 7) is 2.66. The van der Waals surface area contributed by atoms with E-state index in [-0.39, 0.29) is 28.5 Å². The maximum absolute atomic E-state index is 12.4. The van der Waals surface area contributed by atoms with Gasteiger partial charge in [0.15, 0.2) is 11.5 Å². The molecular formula is C15H17NO7. The minimum Gasteiger partial charge on any atom is -0.493 e. The van der Waals surface area contributed by atoms with Crippen molar-refractivity contribution >= 4 is 23.3 Å². The number of carboxylic acid groups (broad SMARTS) is 1. The first-order chi connectivity index (χ1) is 10.7. The summed E-state index contributed by atoms with van der Waals surface area (Å²) in [4.78, 5) is 37.2. The van der Waals surface area contributed by atoms with Crippen LogP contribution in [0.4, 0.5) is 5.69 Å². The molecule has 0 spiro atoms. The van der Waals surface area contributed by atoms with Gasteiger partial charge in [0, 0.05) is 6.07 Å². The minimum absolute atomic E-state index is 0.0314. The number of carbonyl (C=O) groups is 3. The van der Waals surface area contributed by atoms with Crippen LogP contribution >= 0.6 is 0 Å². The Morgan fingerprint density at radius 3 is 2.09 bits per heavy atom. The van der Waals surface area contributed by atoms with Crippen LogP contribution in [0.25, 0.3) is 0 Å². The Balaban J connectivity index is 2.83. The summed E-state index contributed by atoms with van der Waals surface area (Å²) in [5.74, 6) is -2.64. The second-order valence-corrected chi connectivity index (χ2v) is 5.37. The molecule has 1 heterocycles. The molecule has 1 aliphatic rings. The van der Waals surface area contributed by atoms with Crippen LogP contribution in [0.5, 0.6) is 17.2 Å². The zero-order valence-corrected chi connectivity index (χ0v) is 13.4. The van der Waals surface area contributed by atoms with Crippen LogP contribution in [0.15, 0.2) is 6.07 Å². The molecule has 124 valence electrons. The molecule has 8 nitrogen and oxygen atoms in total. The van der Waals surface area contributed by atoms with E-state index in [2.05, 4.69) is 0 Å². The molecule has 0 bridgehead atoms. The predicted octanol–water partition coefficient (Wildman–Crippen LogP) is 1.10. The molecule has 1 aliphatic heterocycles. The van der Waals surface area contributed by atoms with E-state index in [1.807, 2.05) is 0 Å². The fourth-order valence-electron chi connectivity index (χ4n) is 2.51. The first-order valence-electron chi connectivity index (χ1n) is 6.67. The van der Waals surface area contributed by atoms with Crippen LogP contribution in [-0.2, 0) is 9.59 Å². The summed E-state index contributed by atoms with van der Waals surface area (Å²) in [6, 6.07) is 1.39. The largest absolute Gasteiger partial charge is 0.493 e. The molecule has 8 heteroatoms. The van der Waals surface area contributed by atoms with Crippen molar-refractivity contribution in [2.45, 2.75) is 19.4 Å². The van der Waals surface area contributed by atoms with Gasteiger partial charge in [0.2, 0.25) is 5.75 Å². The minimum atomic E-state index is -1.62. The smallest absolute Gasteiger partial charge is 0.329 e. The predicted molar refractivity (Wildman–Crippen MR) is 79.6 cm³/mol. The van der Waals surface area contributed by atoms with Gasteiger partial charge in [-0.1, -0.05) is 0 Å². The van der Waals surface area contributed by atoms with Gasteiger partial charge in [-0.25, -0.2) is 4.79 Å². The van der Waals surface area contributed by atoms with Crippen molar-refractivity contribution in [3.8, 4) is 17.2 Å². The van der Waals surface area contributed by atoms with E-state index < -0.39 is 23.2 Å². The number of aliphatic carboxylic acids is 1. The molecule has 23 heavy (non-hydrogen) atoms. The van der Waals surface area contributed by atoms with Crippen LogP contribution < -0.4 is 19.1 Å². The molecule has 0 atom stereocenters. The summed E-state index contributed by atoms with van der Waals surface area (Å²) >= 11 is 0. The zero-order chi connectivity index (χ0) is 17.5. The molecule has 0 aromatic heterocycles. The van der Waals surface area contributed by atoms with Gasteiger partial charge in [-0.3, -0.25) is 14.5 Å². The standard InChI is InChI=1S/C15H17NO7/c1-15(2,14(19)20)16-7-6-8(21-3)11(22-4)12(23-5)9(7)10(17)13(16)18/h6H,1-5H3,(H,19,20). The van der Waals surface area contributed by atoms with E-state index >= 15 is 0 Å². The highest BCUT2D eigenvalue weighted by Gasteiger charge is 2.50. The molecule has 0 unspecified atom stereocenters. The van der Waals surface area contributed by atoms with Gasteiger partial charge < -0.3 is 19.3 Å². The number of hydrogen-bond donors (Lipinski definition) is 1. The number of carbonyl (C=O) groups excluding carboxylic acids is 2. The molecule has 0 radical (unpaired) electrons. The number of Topliss-reactive ketones (excluding diaryl/α,β-unsaturated/α-hetero) is 1. The Morgan fingerprint density at radius 1 is 1.09 bits per heavy atom. The summed E-state index contributed by atoms with van der Waals surface area (Å²) in [5.41, 5.74) is -1.55. The highest BCUT2D eigenvalue weighted by molar-refractivity contribution is 6.53. The first kappa shape index (κ1) is 16.6. The van der Waals surface area contributed by atoms with E-state index in [0.717, 1.165) is 4.90 Å². The molecule has 2 rings (SSSR count). The highest BCUT2D eigenvalue weighted by Crippen LogP contribution is 2.49. The van der Waals surface area contributed by atoms with Crippen molar-refractivity contribution in [3.63, 3.8) is 0 Å². The van der Waals surface area contributed by atoms with Gasteiger partial charge in [0.05, 0.1) is 32.6 Å². The molecule has 0 fully saturated rings. The van der Waals surface area contributed by atoms with Crippen molar-refractivity contribution in [3.05, 3.63) is 11.6 Å². The van der Waals surface area contributed by atoms with Gasteiger partial charge in [-0.15, -0.1) is 0 Å². The maximum atomic E-state index is 12.4. The number of hydrogen-bond acceptors (Lipinski definition) is 6. The van der Waals surface area contributed by atoms with Crippen LogP contribution in [0.3, 0.4) is 0 Å². The van der Waals surface area contributed by atoms with Crippen LogP contribution in [0.2, 0.25) is 0 Å². The number of fused-ring (bicyclic) bond motifs is 1. The van der Waals surface area contributed by atoms with E-state index in [1.54, 1.807) is 0 Å². The Labute approximate surface area is 132 Å². The molecule has 0 saturated carbocycles. The average Bonchev–Trinajstić information content (AvgIpc) is 2.76. The van der Waals surface area contributed by atoms with Crippen molar-refractivity contribution in [2.24, 2.45) is 0 Å². The lowest BCUT2D eigenvalue weighted by Crippen LogP contribution is -2.52. The van der Waals surface area contributed by atoms with E-state index in [0.29, 0.717) is 0 Å². The number of ether oxygens (including phenoxy) is 3. The average molecular weight is 323 g/mol. The molecule has 0 saturated heterocycles. The lowest BCUT2D eigenvalue weighted by molar-refractivity contribution is -0.143. The SMILES string of the molecule is COc1cc2c(c(OC)c1OC)C(=O)C(=O)N2C(C)(C)C(=O)O. The number of rotatable bonds is 5. The lowest BCUT2D eigenvalue weighted by Gasteiger charge is -2.31. The topological polar surface area (TPSA) is 102 Å².